The maximum absolute atomic E-state index is 11.8. The van der Waals surface area contributed by atoms with Crippen LogP contribution in [-0.4, -0.2) is 36.0 Å². The summed E-state index contributed by atoms with van der Waals surface area (Å²) in [4.78, 5) is 37.6. The summed E-state index contributed by atoms with van der Waals surface area (Å²) in [7, 11) is 0. The van der Waals surface area contributed by atoms with Crippen LogP contribution in [0.3, 0.4) is 0 Å². The number of nitrogens with one attached hydrogen (secondary N) is 1. The van der Waals surface area contributed by atoms with E-state index >= 15 is 0 Å². The van der Waals surface area contributed by atoms with Crippen LogP contribution in [0.2, 0.25) is 0 Å². The van der Waals surface area contributed by atoms with Crippen molar-refractivity contribution >= 4 is 17.8 Å². The number of pyridine rings is 1. The molecular weight excluding hydrogens is 264 g/mol. The van der Waals surface area contributed by atoms with Crippen molar-refractivity contribution in [3.63, 3.8) is 0 Å². The van der Waals surface area contributed by atoms with Gasteiger partial charge in [0.1, 0.15) is 13.2 Å². The van der Waals surface area contributed by atoms with Gasteiger partial charge in [-0.3, -0.25) is 19.4 Å². The first-order valence-corrected chi connectivity index (χ1v) is 6.05. The summed E-state index contributed by atoms with van der Waals surface area (Å²) >= 11 is 0. The summed E-state index contributed by atoms with van der Waals surface area (Å²) in [5, 5.41) is 2.43. The second kappa shape index (κ2) is 7.88. The molecule has 0 saturated carbocycles. The highest BCUT2D eigenvalue weighted by Gasteiger charge is 2.09. The summed E-state index contributed by atoms with van der Waals surface area (Å²) in [6.07, 6.45) is 1.43. The lowest BCUT2D eigenvalue weighted by molar-refractivity contribution is -0.143. The molecule has 0 bridgehead atoms. The van der Waals surface area contributed by atoms with Gasteiger partial charge in [0.2, 0.25) is 0 Å². The molecule has 1 aromatic heterocycles. The van der Waals surface area contributed by atoms with E-state index in [1.807, 2.05) is 0 Å². The molecule has 0 unspecified atom stereocenters. The standard InChI is InChI=1S/C13H16N2O5/c1-3-19-12(17)7-15-13(18)10-4-5-14-11(6-10)8-20-9(2)16/h4-6H,3,7-8H2,1-2H3,(H,15,18). The van der Waals surface area contributed by atoms with Gasteiger partial charge in [-0.25, -0.2) is 0 Å². The Kier molecular flexibility index (Phi) is 6.15. The predicted octanol–water partition coefficient (Wildman–Crippen LogP) is 0.438. The molecule has 1 N–H and O–H groups in total. The van der Waals surface area contributed by atoms with Gasteiger partial charge in [-0.15, -0.1) is 0 Å². The number of amides is 1. The normalized spacial score (nSPS) is 9.70. The average Bonchev–Trinajstić information content (AvgIpc) is 2.43. The maximum atomic E-state index is 11.8. The van der Waals surface area contributed by atoms with Crippen molar-refractivity contribution in [3.8, 4) is 0 Å². The Morgan fingerprint density at radius 2 is 2.05 bits per heavy atom. The zero-order valence-corrected chi connectivity index (χ0v) is 11.3. The Bertz CT molecular complexity index is 501. The minimum absolute atomic E-state index is 0.00563. The summed E-state index contributed by atoms with van der Waals surface area (Å²) < 4.78 is 9.48. The number of aromatic nitrogens is 1. The van der Waals surface area contributed by atoms with Crippen LogP contribution >= 0.6 is 0 Å². The van der Waals surface area contributed by atoms with E-state index < -0.39 is 17.8 Å². The summed E-state index contributed by atoms with van der Waals surface area (Å²) in [5.41, 5.74) is 0.774. The molecule has 0 aromatic carbocycles. The number of ether oxygens (including phenoxy) is 2. The first-order valence-electron chi connectivity index (χ1n) is 6.05. The van der Waals surface area contributed by atoms with Gasteiger partial charge in [0.05, 0.1) is 12.3 Å². The number of nitrogens with zero attached hydrogens (tertiary/aromatic N) is 1. The van der Waals surface area contributed by atoms with Gasteiger partial charge in [-0.1, -0.05) is 0 Å². The monoisotopic (exact) mass is 280 g/mol. The quantitative estimate of drug-likeness (QED) is 0.760. The number of hydrogen-bond donors (Lipinski definition) is 1. The van der Waals surface area contributed by atoms with Crippen LogP contribution in [-0.2, 0) is 25.7 Å². The minimum Gasteiger partial charge on any atom is -0.465 e. The van der Waals surface area contributed by atoms with Crippen LogP contribution in [0.1, 0.15) is 29.9 Å². The highest BCUT2D eigenvalue weighted by atomic mass is 16.5. The summed E-state index contributed by atoms with van der Waals surface area (Å²) in [5.74, 6) is -1.36. The highest BCUT2D eigenvalue weighted by Crippen LogP contribution is 2.03. The number of hydrogen-bond acceptors (Lipinski definition) is 6. The van der Waals surface area contributed by atoms with Gasteiger partial charge in [-0.2, -0.15) is 0 Å². The first-order chi connectivity index (χ1) is 9.52. The van der Waals surface area contributed by atoms with Crippen LogP contribution in [0, 0.1) is 0 Å². The van der Waals surface area contributed by atoms with Crippen molar-refractivity contribution in [2.75, 3.05) is 13.2 Å². The van der Waals surface area contributed by atoms with Gasteiger partial charge in [0, 0.05) is 18.7 Å². The molecule has 0 radical (unpaired) electrons. The minimum atomic E-state index is -0.505. The zero-order chi connectivity index (χ0) is 15.0. The van der Waals surface area contributed by atoms with Gasteiger partial charge >= 0.3 is 11.9 Å². The molecule has 0 aliphatic heterocycles. The van der Waals surface area contributed by atoms with Crippen LogP contribution in [0.25, 0.3) is 0 Å². The van der Waals surface area contributed by atoms with Crippen LogP contribution in [0.5, 0.6) is 0 Å². The Balaban J connectivity index is 2.57. The molecule has 0 atom stereocenters. The number of esters is 2. The van der Waals surface area contributed by atoms with Crippen LogP contribution < -0.4 is 5.32 Å². The molecule has 7 nitrogen and oxygen atoms in total. The van der Waals surface area contributed by atoms with E-state index in [1.54, 1.807) is 6.92 Å². The largest absolute Gasteiger partial charge is 0.465 e. The van der Waals surface area contributed by atoms with Crippen LogP contribution in [0.4, 0.5) is 0 Å². The lowest BCUT2D eigenvalue weighted by Crippen LogP contribution is -2.30. The lowest BCUT2D eigenvalue weighted by Gasteiger charge is -2.06. The van der Waals surface area contributed by atoms with E-state index in [0.29, 0.717) is 11.3 Å². The number of rotatable bonds is 6. The topological polar surface area (TPSA) is 94.6 Å². The average molecular weight is 280 g/mol. The first kappa shape index (κ1) is 15.6. The fraction of sp³-hybridized carbons (Fsp3) is 0.385. The van der Waals surface area contributed by atoms with Crippen molar-refractivity contribution in [1.29, 1.82) is 0 Å². The van der Waals surface area contributed by atoms with E-state index in [9.17, 15) is 14.4 Å². The molecule has 1 aromatic rings. The van der Waals surface area contributed by atoms with Gasteiger partial charge in [-0.05, 0) is 19.1 Å². The third kappa shape index (κ3) is 5.47. The second-order valence-electron chi connectivity index (χ2n) is 3.80. The van der Waals surface area contributed by atoms with Gasteiger partial charge in [0.25, 0.3) is 5.91 Å². The molecule has 0 saturated heterocycles. The van der Waals surface area contributed by atoms with E-state index in [0.717, 1.165) is 0 Å². The van der Waals surface area contributed by atoms with Crippen molar-refractivity contribution in [1.82, 2.24) is 10.3 Å². The Hall–Kier alpha value is -2.44. The second-order valence-corrected chi connectivity index (χ2v) is 3.80. The van der Waals surface area contributed by atoms with E-state index in [4.69, 9.17) is 9.47 Å². The summed E-state index contributed by atoms with van der Waals surface area (Å²) in [6.45, 7) is 3.03. The highest BCUT2D eigenvalue weighted by molar-refractivity contribution is 5.95. The fourth-order valence-corrected chi connectivity index (χ4v) is 1.34. The van der Waals surface area contributed by atoms with Crippen molar-refractivity contribution in [3.05, 3.63) is 29.6 Å². The SMILES string of the molecule is CCOC(=O)CNC(=O)c1ccnc(COC(C)=O)c1. The number of carbonyl (C=O) groups is 3. The third-order valence-corrected chi connectivity index (χ3v) is 2.20. The van der Waals surface area contributed by atoms with Crippen molar-refractivity contribution in [2.45, 2.75) is 20.5 Å². The van der Waals surface area contributed by atoms with Crippen molar-refractivity contribution in [2.24, 2.45) is 0 Å². The fourth-order valence-electron chi connectivity index (χ4n) is 1.34. The molecule has 108 valence electrons. The predicted molar refractivity (Wildman–Crippen MR) is 68.7 cm³/mol. The molecule has 1 amide bonds. The Labute approximate surface area is 116 Å². The van der Waals surface area contributed by atoms with E-state index in [1.165, 1.54) is 25.3 Å². The molecular formula is C13H16N2O5. The van der Waals surface area contributed by atoms with E-state index in [2.05, 4.69) is 10.3 Å². The third-order valence-electron chi connectivity index (χ3n) is 2.20. The Morgan fingerprint density at radius 3 is 2.70 bits per heavy atom. The Morgan fingerprint density at radius 1 is 1.30 bits per heavy atom. The molecule has 0 aliphatic carbocycles. The van der Waals surface area contributed by atoms with Crippen LogP contribution in [0.15, 0.2) is 18.3 Å². The molecule has 7 heteroatoms. The van der Waals surface area contributed by atoms with E-state index in [-0.39, 0.29) is 19.8 Å². The van der Waals surface area contributed by atoms with Gasteiger partial charge in [0.15, 0.2) is 0 Å². The number of carbonyl (C=O) groups excluding carboxylic acids is 3. The van der Waals surface area contributed by atoms with Crippen molar-refractivity contribution < 1.29 is 23.9 Å². The molecule has 1 rings (SSSR count). The maximum Gasteiger partial charge on any atom is 0.325 e. The lowest BCUT2D eigenvalue weighted by atomic mass is 10.2. The zero-order valence-electron chi connectivity index (χ0n) is 11.3. The molecule has 1 heterocycles. The molecule has 20 heavy (non-hydrogen) atoms. The van der Waals surface area contributed by atoms with Gasteiger partial charge < -0.3 is 14.8 Å². The molecule has 0 fully saturated rings. The molecule has 0 spiro atoms. The summed E-state index contributed by atoms with van der Waals surface area (Å²) in [6, 6.07) is 2.99. The molecule has 0 aliphatic rings. The smallest absolute Gasteiger partial charge is 0.325 e.